The van der Waals surface area contributed by atoms with Gasteiger partial charge in [-0.3, -0.25) is 24.0 Å². The lowest BCUT2D eigenvalue weighted by molar-refractivity contribution is 0.300. The first kappa shape index (κ1) is 18.4. The van der Waals surface area contributed by atoms with E-state index in [1.807, 2.05) is 29.5 Å². The number of fused-ring (bicyclic) bond motifs is 2. The fourth-order valence-corrected chi connectivity index (χ4v) is 5.53. The van der Waals surface area contributed by atoms with E-state index >= 15 is 0 Å². The highest BCUT2D eigenvalue weighted by molar-refractivity contribution is 7.11. The van der Waals surface area contributed by atoms with Crippen molar-refractivity contribution in [1.29, 1.82) is 0 Å². The summed E-state index contributed by atoms with van der Waals surface area (Å²) in [6.45, 7) is 5.70. The van der Waals surface area contributed by atoms with Crippen LogP contribution in [0.2, 0.25) is 0 Å². The van der Waals surface area contributed by atoms with Crippen LogP contribution in [0.25, 0.3) is 0 Å². The topological polar surface area (TPSA) is 73.0 Å². The second kappa shape index (κ2) is 7.03. The van der Waals surface area contributed by atoms with Crippen LogP contribution < -0.4 is 11.1 Å². The fourth-order valence-electron chi connectivity index (χ4n) is 4.60. The Hall–Kier alpha value is -2.58. The van der Waals surface area contributed by atoms with Gasteiger partial charge in [-0.15, -0.1) is 11.3 Å². The van der Waals surface area contributed by atoms with Gasteiger partial charge >= 0.3 is 11.1 Å². The largest absolute Gasteiger partial charge is 0.332 e. The molecule has 1 atom stereocenters. The van der Waals surface area contributed by atoms with Gasteiger partial charge in [-0.25, -0.2) is 4.68 Å². The Kier molecular flexibility index (Phi) is 4.48. The molecule has 0 N–H and O–H groups in total. The molecule has 1 spiro atoms. The van der Waals surface area contributed by atoms with Gasteiger partial charge < -0.3 is 0 Å². The standard InChI is InChI=1S/C21H23N5O2S/c1-15-5-6-17(29-15)13-24-10-7-21(14-24)8-11-25-18(27)19(28)26(23-20(21)25)12-16-4-2-3-9-22-16/h2-6,9H,7-8,10-14H2,1H3. The zero-order chi connectivity index (χ0) is 20.0. The number of aromatic nitrogens is 4. The molecule has 7 nitrogen and oxygen atoms in total. The molecule has 0 amide bonds. The highest BCUT2D eigenvalue weighted by Crippen LogP contribution is 2.41. The summed E-state index contributed by atoms with van der Waals surface area (Å²) in [7, 11) is 0. The summed E-state index contributed by atoms with van der Waals surface area (Å²) < 4.78 is 2.91. The third kappa shape index (κ3) is 3.26. The summed E-state index contributed by atoms with van der Waals surface area (Å²) in [5.74, 6) is 0.767. The van der Waals surface area contributed by atoms with Crippen LogP contribution >= 0.6 is 11.3 Å². The number of nitrogens with zero attached hydrogens (tertiary/aromatic N) is 5. The monoisotopic (exact) mass is 409 g/mol. The Morgan fingerprint density at radius 2 is 1.93 bits per heavy atom. The first-order valence-corrected chi connectivity index (χ1v) is 10.8. The quantitative estimate of drug-likeness (QED) is 0.614. The molecule has 1 fully saturated rings. The average Bonchev–Trinajstić information content (AvgIpc) is 3.41. The number of likely N-dealkylation sites (tertiary alicyclic amines) is 1. The normalized spacial score (nSPS) is 21.1. The summed E-state index contributed by atoms with van der Waals surface area (Å²) in [6.07, 6.45) is 3.51. The van der Waals surface area contributed by atoms with E-state index in [0.717, 1.165) is 44.0 Å². The Morgan fingerprint density at radius 3 is 2.69 bits per heavy atom. The minimum atomic E-state index is -0.569. The van der Waals surface area contributed by atoms with Crippen molar-refractivity contribution in [2.45, 2.75) is 44.8 Å². The molecule has 3 aromatic heterocycles. The molecular weight excluding hydrogens is 386 g/mol. The molecule has 0 aliphatic carbocycles. The molecule has 3 aromatic rings. The SMILES string of the molecule is Cc1ccc(CN2CCC3(CCn4c3nn(Cc3ccccn3)c(=O)c4=O)C2)s1. The summed E-state index contributed by atoms with van der Waals surface area (Å²) in [6, 6.07) is 9.90. The highest BCUT2D eigenvalue weighted by atomic mass is 32.1. The zero-order valence-electron chi connectivity index (χ0n) is 16.4. The van der Waals surface area contributed by atoms with Crippen LogP contribution in [0.5, 0.6) is 0 Å². The van der Waals surface area contributed by atoms with Gasteiger partial charge in [-0.05, 0) is 50.6 Å². The van der Waals surface area contributed by atoms with Crippen molar-refractivity contribution in [3.63, 3.8) is 0 Å². The maximum atomic E-state index is 12.7. The lowest BCUT2D eigenvalue weighted by atomic mass is 9.85. The van der Waals surface area contributed by atoms with Gasteiger partial charge in [0.25, 0.3) is 0 Å². The van der Waals surface area contributed by atoms with Gasteiger partial charge in [0.15, 0.2) is 0 Å². The Morgan fingerprint density at radius 1 is 1.07 bits per heavy atom. The fraction of sp³-hybridized carbons (Fsp3) is 0.429. The van der Waals surface area contributed by atoms with E-state index in [0.29, 0.717) is 6.54 Å². The van der Waals surface area contributed by atoms with Crippen molar-refractivity contribution >= 4 is 11.3 Å². The molecule has 5 heterocycles. The maximum absolute atomic E-state index is 12.7. The first-order valence-electron chi connectivity index (χ1n) is 9.94. The zero-order valence-corrected chi connectivity index (χ0v) is 17.2. The molecular formula is C21H23N5O2S. The first-order chi connectivity index (χ1) is 14.0. The summed E-state index contributed by atoms with van der Waals surface area (Å²) in [4.78, 5) is 34.7. The smallest absolute Gasteiger partial charge is 0.297 e. The molecule has 150 valence electrons. The number of hydrogen-bond acceptors (Lipinski definition) is 6. The molecule has 2 aliphatic heterocycles. The molecule has 29 heavy (non-hydrogen) atoms. The number of thiophene rings is 1. The van der Waals surface area contributed by atoms with Gasteiger partial charge in [-0.1, -0.05) is 6.07 Å². The van der Waals surface area contributed by atoms with Gasteiger partial charge in [0.05, 0.1) is 12.2 Å². The number of hydrogen-bond donors (Lipinski definition) is 0. The molecule has 5 rings (SSSR count). The summed E-state index contributed by atoms with van der Waals surface area (Å²) in [5, 5.41) is 4.69. The second-order valence-electron chi connectivity index (χ2n) is 8.07. The van der Waals surface area contributed by atoms with E-state index in [1.54, 1.807) is 10.8 Å². The minimum Gasteiger partial charge on any atom is -0.297 e. The maximum Gasteiger partial charge on any atom is 0.332 e. The highest BCUT2D eigenvalue weighted by Gasteiger charge is 2.47. The van der Waals surface area contributed by atoms with Gasteiger partial charge in [0, 0.05) is 41.0 Å². The second-order valence-corrected chi connectivity index (χ2v) is 9.44. The molecule has 2 aliphatic rings. The Labute approximate surface area is 172 Å². The average molecular weight is 410 g/mol. The molecule has 0 saturated carbocycles. The van der Waals surface area contributed by atoms with E-state index < -0.39 is 11.1 Å². The van der Waals surface area contributed by atoms with E-state index in [4.69, 9.17) is 5.10 Å². The van der Waals surface area contributed by atoms with E-state index in [-0.39, 0.29) is 12.0 Å². The van der Waals surface area contributed by atoms with Crippen LogP contribution in [0.4, 0.5) is 0 Å². The number of rotatable bonds is 4. The molecule has 0 aromatic carbocycles. The molecule has 0 bridgehead atoms. The number of pyridine rings is 1. The predicted octanol–water partition coefficient (Wildman–Crippen LogP) is 1.77. The van der Waals surface area contributed by atoms with Gasteiger partial charge in [0.2, 0.25) is 0 Å². The van der Waals surface area contributed by atoms with Crippen molar-refractivity contribution in [3.05, 3.63) is 78.5 Å². The van der Waals surface area contributed by atoms with Crippen molar-refractivity contribution in [1.82, 2.24) is 24.2 Å². The van der Waals surface area contributed by atoms with Crippen molar-refractivity contribution in [3.8, 4) is 0 Å². The Balaban J connectivity index is 1.46. The number of aryl methyl sites for hydroxylation is 1. The summed E-state index contributed by atoms with van der Waals surface area (Å²) >= 11 is 1.83. The van der Waals surface area contributed by atoms with Crippen LogP contribution in [0, 0.1) is 6.92 Å². The van der Waals surface area contributed by atoms with E-state index in [1.165, 1.54) is 14.4 Å². The van der Waals surface area contributed by atoms with Gasteiger partial charge in [-0.2, -0.15) is 5.10 Å². The predicted molar refractivity (Wildman–Crippen MR) is 111 cm³/mol. The van der Waals surface area contributed by atoms with E-state index in [9.17, 15) is 9.59 Å². The molecule has 8 heteroatoms. The molecule has 0 radical (unpaired) electrons. The minimum absolute atomic E-state index is 0.148. The van der Waals surface area contributed by atoms with Crippen molar-refractivity contribution in [2.75, 3.05) is 13.1 Å². The molecule has 1 unspecified atom stereocenters. The van der Waals surface area contributed by atoms with Crippen LogP contribution in [0.3, 0.4) is 0 Å². The summed E-state index contributed by atoms with van der Waals surface area (Å²) in [5.41, 5.74) is -0.458. The van der Waals surface area contributed by atoms with Crippen molar-refractivity contribution < 1.29 is 0 Å². The van der Waals surface area contributed by atoms with E-state index in [2.05, 4.69) is 28.9 Å². The van der Waals surface area contributed by atoms with Crippen LogP contribution in [0.1, 0.15) is 34.1 Å². The van der Waals surface area contributed by atoms with Crippen LogP contribution in [0.15, 0.2) is 46.1 Å². The van der Waals surface area contributed by atoms with Crippen LogP contribution in [-0.2, 0) is 25.0 Å². The lowest BCUT2D eigenvalue weighted by Gasteiger charge is -2.23. The third-order valence-electron chi connectivity index (χ3n) is 6.07. The van der Waals surface area contributed by atoms with Crippen LogP contribution in [-0.4, -0.2) is 37.3 Å². The van der Waals surface area contributed by atoms with Gasteiger partial charge in [0.1, 0.15) is 5.82 Å². The Bertz CT molecular complexity index is 1170. The van der Waals surface area contributed by atoms with Crippen molar-refractivity contribution in [2.24, 2.45) is 0 Å². The third-order valence-corrected chi connectivity index (χ3v) is 7.05. The lowest BCUT2D eigenvalue weighted by Crippen LogP contribution is -2.45. The molecule has 1 saturated heterocycles.